The Bertz CT molecular complexity index is 843. The van der Waals surface area contributed by atoms with Crippen molar-refractivity contribution in [2.75, 3.05) is 0 Å². The van der Waals surface area contributed by atoms with Crippen molar-refractivity contribution >= 4 is 0 Å². The van der Waals surface area contributed by atoms with Crippen LogP contribution in [0, 0.1) is 0 Å². The second kappa shape index (κ2) is 5.85. The van der Waals surface area contributed by atoms with Crippen molar-refractivity contribution in [3.8, 4) is 28.5 Å². The van der Waals surface area contributed by atoms with Crippen LogP contribution in [0.3, 0.4) is 0 Å². The standard InChI is InChI=1S/C19H14N4/c1-3-8-15(9-4-1)18-21-19(16-10-7-13-20-14-16)23(22-18)17-11-5-2-6-12-17/h1-14H. The fraction of sp³-hybridized carbons (Fsp3) is 0. The molecule has 0 aliphatic rings. The minimum atomic E-state index is 0.702. The van der Waals surface area contributed by atoms with E-state index in [9.17, 15) is 0 Å². The monoisotopic (exact) mass is 298 g/mol. The summed E-state index contributed by atoms with van der Waals surface area (Å²) in [7, 11) is 0. The maximum atomic E-state index is 4.74. The predicted molar refractivity (Wildman–Crippen MR) is 90.0 cm³/mol. The molecule has 0 saturated heterocycles. The van der Waals surface area contributed by atoms with Gasteiger partial charge in [-0.3, -0.25) is 4.98 Å². The number of aromatic nitrogens is 4. The zero-order valence-corrected chi connectivity index (χ0v) is 12.4. The molecule has 23 heavy (non-hydrogen) atoms. The lowest BCUT2D eigenvalue weighted by Gasteiger charge is -2.04. The summed E-state index contributed by atoms with van der Waals surface area (Å²) in [6.07, 6.45) is 3.56. The Labute approximate surface area is 134 Å². The average molecular weight is 298 g/mol. The number of nitrogens with zero attached hydrogens (tertiary/aromatic N) is 4. The number of pyridine rings is 1. The van der Waals surface area contributed by atoms with Crippen LogP contribution in [0.5, 0.6) is 0 Å². The Morgan fingerprint density at radius 1 is 0.696 bits per heavy atom. The molecule has 0 atom stereocenters. The highest BCUT2D eigenvalue weighted by Gasteiger charge is 2.14. The van der Waals surface area contributed by atoms with Gasteiger partial charge >= 0.3 is 0 Å². The maximum Gasteiger partial charge on any atom is 0.182 e. The first kappa shape index (κ1) is 13.4. The first-order valence-electron chi connectivity index (χ1n) is 7.40. The van der Waals surface area contributed by atoms with Gasteiger partial charge in [0, 0.05) is 23.5 Å². The van der Waals surface area contributed by atoms with E-state index in [-0.39, 0.29) is 0 Å². The van der Waals surface area contributed by atoms with Crippen LogP contribution in [-0.2, 0) is 0 Å². The summed E-state index contributed by atoms with van der Waals surface area (Å²) in [5.41, 5.74) is 2.90. The highest BCUT2D eigenvalue weighted by molar-refractivity contribution is 5.63. The summed E-state index contributed by atoms with van der Waals surface area (Å²) in [6.45, 7) is 0. The van der Waals surface area contributed by atoms with Gasteiger partial charge in [-0.05, 0) is 24.3 Å². The maximum absolute atomic E-state index is 4.74. The number of hydrogen-bond acceptors (Lipinski definition) is 3. The average Bonchev–Trinajstić information content (AvgIpc) is 3.09. The fourth-order valence-electron chi connectivity index (χ4n) is 2.45. The van der Waals surface area contributed by atoms with Crippen LogP contribution in [0.2, 0.25) is 0 Å². The van der Waals surface area contributed by atoms with Crippen molar-refractivity contribution in [2.45, 2.75) is 0 Å². The summed E-state index contributed by atoms with van der Waals surface area (Å²) >= 11 is 0. The number of benzene rings is 2. The van der Waals surface area contributed by atoms with Crippen molar-refractivity contribution in [2.24, 2.45) is 0 Å². The lowest BCUT2D eigenvalue weighted by Crippen LogP contribution is -1.99. The molecule has 110 valence electrons. The molecule has 4 nitrogen and oxygen atoms in total. The topological polar surface area (TPSA) is 43.6 Å². The van der Waals surface area contributed by atoms with Crippen LogP contribution in [0.4, 0.5) is 0 Å². The highest BCUT2D eigenvalue weighted by atomic mass is 15.4. The van der Waals surface area contributed by atoms with Crippen LogP contribution >= 0.6 is 0 Å². The lowest BCUT2D eigenvalue weighted by molar-refractivity contribution is 0.890. The molecule has 2 aromatic carbocycles. The molecule has 0 aliphatic heterocycles. The van der Waals surface area contributed by atoms with Crippen molar-refractivity contribution in [3.05, 3.63) is 85.2 Å². The van der Waals surface area contributed by atoms with Gasteiger partial charge in [0.25, 0.3) is 0 Å². The molecule has 0 spiro atoms. The summed E-state index contributed by atoms with van der Waals surface area (Å²) < 4.78 is 1.86. The molecule has 0 amide bonds. The van der Waals surface area contributed by atoms with E-state index in [1.54, 1.807) is 12.4 Å². The second-order valence-corrected chi connectivity index (χ2v) is 5.11. The number of para-hydroxylation sites is 1. The van der Waals surface area contributed by atoms with Crippen molar-refractivity contribution in [1.82, 2.24) is 19.7 Å². The van der Waals surface area contributed by atoms with Crippen LogP contribution in [0.25, 0.3) is 28.5 Å². The largest absolute Gasteiger partial charge is 0.264 e. The van der Waals surface area contributed by atoms with E-state index in [1.165, 1.54) is 0 Å². The van der Waals surface area contributed by atoms with Gasteiger partial charge in [0.2, 0.25) is 0 Å². The molecule has 0 fully saturated rings. The number of rotatable bonds is 3. The third-order valence-corrected chi connectivity index (χ3v) is 3.56. The number of hydrogen-bond donors (Lipinski definition) is 0. The second-order valence-electron chi connectivity index (χ2n) is 5.11. The minimum Gasteiger partial charge on any atom is -0.264 e. The van der Waals surface area contributed by atoms with E-state index in [2.05, 4.69) is 4.98 Å². The normalized spacial score (nSPS) is 10.6. The first-order chi connectivity index (χ1) is 11.4. The van der Waals surface area contributed by atoms with E-state index in [1.807, 2.05) is 77.5 Å². The molecule has 2 aromatic heterocycles. The van der Waals surface area contributed by atoms with Gasteiger partial charge in [-0.1, -0.05) is 48.5 Å². The first-order valence-corrected chi connectivity index (χ1v) is 7.40. The molecule has 0 bridgehead atoms. The van der Waals surface area contributed by atoms with Crippen molar-refractivity contribution < 1.29 is 0 Å². The van der Waals surface area contributed by atoms with Gasteiger partial charge in [0.05, 0.1) is 5.69 Å². The molecule has 4 rings (SSSR count). The Morgan fingerprint density at radius 3 is 2.09 bits per heavy atom. The van der Waals surface area contributed by atoms with Gasteiger partial charge in [-0.25, -0.2) is 9.67 Å². The molecule has 2 heterocycles. The minimum absolute atomic E-state index is 0.702. The highest BCUT2D eigenvalue weighted by Crippen LogP contribution is 2.24. The molecule has 0 radical (unpaired) electrons. The molecule has 0 aliphatic carbocycles. The van der Waals surface area contributed by atoms with E-state index in [0.717, 1.165) is 22.6 Å². The van der Waals surface area contributed by atoms with Crippen LogP contribution in [0.1, 0.15) is 0 Å². The molecule has 0 unspecified atom stereocenters. The van der Waals surface area contributed by atoms with Crippen LogP contribution < -0.4 is 0 Å². The molecular formula is C19H14N4. The summed E-state index contributed by atoms with van der Waals surface area (Å²) in [6, 6.07) is 23.9. The van der Waals surface area contributed by atoms with Gasteiger partial charge in [-0.2, -0.15) is 0 Å². The van der Waals surface area contributed by atoms with E-state index in [0.29, 0.717) is 5.82 Å². The van der Waals surface area contributed by atoms with Gasteiger partial charge in [0.1, 0.15) is 0 Å². The van der Waals surface area contributed by atoms with Crippen molar-refractivity contribution in [1.29, 1.82) is 0 Å². The Kier molecular flexibility index (Phi) is 3.41. The van der Waals surface area contributed by atoms with Crippen molar-refractivity contribution in [3.63, 3.8) is 0 Å². The predicted octanol–water partition coefficient (Wildman–Crippen LogP) is 4.00. The molecule has 4 heteroatoms. The quantitative estimate of drug-likeness (QED) is 0.574. The van der Waals surface area contributed by atoms with Gasteiger partial charge in [-0.15, -0.1) is 5.10 Å². The zero-order chi connectivity index (χ0) is 15.5. The Balaban J connectivity index is 1.91. The molecule has 0 saturated carbocycles. The summed E-state index contributed by atoms with van der Waals surface area (Å²) in [4.78, 5) is 8.94. The SMILES string of the molecule is c1ccc(-c2nc(-c3cccnc3)n(-c3ccccc3)n2)cc1. The fourth-order valence-corrected chi connectivity index (χ4v) is 2.45. The van der Waals surface area contributed by atoms with E-state index in [4.69, 9.17) is 10.1 Å². The van der Waals surface area contributed by atoms with Gasteiger partial charge in [0.15, 0.2) is 11.6 Å². The van der Waals surface area contributed by atoms with Gasteiger partial charge < -0.3 is 0 Å². The molecular weight excluding hydrogens is 284 g/mol. The molecule has 0 N–H and O–H groups in total. The summed E-state index contributed by atoms with van der Waals surface area (Å²) in [5.74, 6) is 1.48. The Morgan fingerprint density at radius 2 is 1.39 bits per heavy atom. The smallest absolute Gasteiger partial charge is 0.182 e. The lowest BCUT2D eigenvalue weighted by atomic mass is 10.2. The van der Waals surface area contributed by atoms with E-state index < -0.39 is 0 Å². The summed E-state index contributed by atoms with van der Waals surface area (Å²) in [5, 5.41) is 4.70. The Hall–Kier alpha value is -3.27. The third-order valence-electron chi connectivity index (χ3n) is 3.56. The third kappa shape index (κ3) is 2.62. The van der Waals surface area contributed by atoms with E-state index >= 15 is 0 Å². The zero-order valence-electron chi connectivity index (χ0n) is 12.4. The van der Waals surface area contributed by atoms with Crippen LogP contribution in [-0.4, -0.2) is 19.7 Å². The van der Waals surface area contributed by atoms with Crippen LogP contribution in [0.15, 0.2) is 85.2 Å². The molecule has 4 aromatic rings.